The van der Waals surface area contributed by atoms with Gasteiger partial charge in [-0.3, -0.25) is 9.48 Å². The van der Waals surface area contributed by atoms with E-state index in [1.54, 1.807) is 16.6 Å². The Balaban J connectivity index is 2.19. The standard InChI is InChI=1S/C18H25N3O2/c1-13-16(14(2)21(4)19-13)12-18(23)20(3)17(10-11-22)15-8-6-5-7-9-15/h5-9,17,22H,10-12H2,1-4H3. The number of aromatic nitrogens is 2. The first kappa shape index (κ1) is 17.2. The third-order valence-electron chi connectivity index (χ3n) is 4.43. The van der Waals surface area contributed by atoms with Crippen molar-refractivity contribution in [3.63, 3.8) is 0 Å². The van der Waals surface area contributed by atoms with E-state index in [-0.39, 0.29) is 18.6 Å². The molecule has 1 heterocycles. The van der Waals surface area contributed by atoms with Gasteiger partial charge in [-0.25, -0.2) is 0 Å². The van der Waals surface area contributed by atoms with Crippen LogP contribution in [0.3, 0.4) is 0 Å². The monoisotopic (exact) mass is 315 g/mol. The van der Waals surface area contributed by atoms with Gasteiger partial charge in [0.05, 0.1) is 18.2 Å². The second kappa shape index (κ2) is 7.42. The lowest BCUT2D eigenvalue weighted by Gasteiger charge is -2.28. The van der Waals surface area contributed by atoms with Crippen LogP contribution < -0.4 is 0 Å². The molecule has 0 aliphatic rings. The maximum absolute atomic E-state index is 12.7. The van der Waals surface area contributed by atoms with Crippen molar-refractivity contribution in [2.24, 2.45) is 7.05 Å². The van der Waals surface area contributed by atoms with Gasteiger partial charge in [-0.05, 0) is 25.8 Å². The molecule has 5 heteroatoms. The fraction of sp³-hybridized carbons (Fsp3) is 0.444. The summed E-state index contributed by atoms with van der Waals surface area (Å²) >= 11 is 0. The first-order valence-corrected chi connectivity index (χ1v) is 7.86. The number of hydrogen-bond donors (Lipinski definition) is 1. The van der Waals surface area contributed by atoms with Gasteiger partial charge >= 0.3 is 0 Å². The molecular weight excluding hydrogens is 290 g/mol. The molecular formula is C18H25N3O2. The maximum Gasteiger partial charge on any atom is 0.227 e. The van der Waals surface area contributed by atoms with Crippen LogP contribution in [0.1, 0.15) is 35.0 Å². The summed E-state index contributed by atoms with van der Waals surface area (Å²) in [6.45, 7) is 3.95. The van der Waals surface area contributed by atoms with Crippen molar-refractivity contribution < 1.29 is 9.90 Å². The van der Waals surface area contributed by atoms with Gasteiger partial charge < -0.3 is 10.0 Å². The Kier molecular flexibility index (Phi) is 5.55. The van der Waals surface area contributed by atoms with E-state index < -0.39 is 0 Å². The SMILES string of the molecule is Cc1nn(C)c(C)c1CC(=O)N(C)C(CCO)c1ccccc1. The average molecular weight is 315 g/mol. The number of aryl methyl sites for hydroxylation is 2. The molecule has 1 unspecified atom stereocenters. The van der Waals surface area contributed by atoms with Crippen LogP contribution in [0.25, 0.3) is 0 Å². The first-order valence-electron chi connectivity index (χ1n) is 7.86. The zero-order chi connectivity index (χ0) is 17.0. The molecule has 23 heavy (non-hydrogen) atoms. The number of aliphatic hydroxyl groups excluding tert-OH is 1. The van der Waals surface area contributed by atoms with Gasteiger partial charge in [0, 0.05) is 32.0 Å². The minimum Gasteiger partial charge on any atom is -0.396 e. The Morgan fingerprint density at radius 1 is 1.30 bits per heavy atom. The van der Waals surface area contributed by atoms with Gasteiger partial charge in [0.25, 0.3) is 0 Å². The Hall–Kier alpha value is -2.14. The van der Waals surface area contributed by atoms with E-state index in [1.807, 2.05) is 51.2 Å². The zero-order valence-electron chi connectivity index (χ0n) is 14.3. The van der Waals surface area contributed by atoms with Crippen molar-refractivity contribution in [3.8, 4) is 0 Å². The van der Waals surface area contributed by atoms with E-state index in [0.717, 1.165) is 22.5 Å². The summed E-state index contributed by atoms with van der Waals surface area (Å²) in [6.07, 6.45) is 0.855. The van der Waals surface area contributed by atoms with Crippen LogP contribution in [0.15, 0.2) is 30.3 Å². The number of carbonyl (C=O) groups is 1. The van der Waals surface area contributed by atoms with Gasteiger partial charge in [-0.15, -0.1) is 0 Å². The van der Waals surface area contributed by atoms with E-state index >= 15 is 0 Å². The van der Waals surface area contributed by atoms with E-state index in [1.165, 1.54) is 0 Å². The number of benzene rings is 1. The van der Waals surface area contributed by atoms with Crippen LogP contribution in [-0.2, 0) is 18.3 Å². The molecule has 0 aliphatic carbocycles. The smallest absolute Gasteiger partial charge is 0.227 e. The highest BCUT2D eigenvalue weighted by molar-refractivity contribution is 5.79. The Labute approximate surface area is 137 Å². The number of rotatable bonds is 6. The van der Waals surface area contributed by atoms with Crippen molar-refractivity contribution in [2.45, 2.75) is 32.7 Å². The van der Waals surface area contributed by atoms with Crippen molar-refractivity contribution in [1.82, 2.24) is 14.7 Å². The molecule has 0 radical (unpaired) electrons. The van der Waals surface area contributed by atoms with E-state index in [2.05, 4.69) is 5.10 Å². The molecule has 2 rings (SSSR count). The van der Waals surface area contributed by atoms with Crippen molar-refractivity contribution >= 4 is 5.91 Å². The molecule has 1 aromatic carbocycles. The Morgan fingerprint density at radius 2 is 1.96 bits per heavy atom. The minimum atomic E-state index is -0.119. The van der Waals surface area contributed by atoms with Crippen LogP contribution in [-0.4, -0.2) is 39.3 Å². The lowest BCUT2D eigenvalue weighted by atomic mass is 10.0. The van der Waals surface area contributed by atoms with Crippen molar-refractivity contribution in [3.05, 3.63) is 52.8 Å². The molecule has 1 amide bonds. The number of aliphatic hydroxyl groups is 1. The summed E-state index contributed by atoms with van der Waals surface area (Å²) < 4.78 is 1.81. The van der Waals surface area contributed by atoms with Crippen LogP contribution in [0, 0.1) is 13.8 Å². The molecule has 5 nitrogen and oxygen atoms in total. The molecule has 1 aromatic heterocycles. The van der Waals surface area contributed by atoms with E-state index in [9.17, 15) is 9.90 Å². The quantitative estimate of drug-likeness (QED) is 0.889. The number of hydrogen-bond acceptors (Lipinski definition) is 3. The Bertz CT molecular complexity index is 664. The molecule has 1 N–H and O–H groups in total. The molecule has 1 atom stereocenters. The lowest BCUT2D eigenvalue weighted by molar-refractivity contribution is -0.131. The normalized spacial score (nSPS) is 12.2. The molecule has 2 aromatic rings. The molecule has 0 fully saturated rings. The van der Waals surface area contributed by atoms with Crippen molar-refractivity contribution in [2.75, 3.05) is 13.7 Å². The molecule has 0 bridgehead atoms. The average Bonchev–Trinajstić information content (AvgIpc) is 2.79. The molecule has 0 saturated carbocycles. The van der Waals surface area contributed by atoms with Gasteiger partial charge in [0.15, 0.2) is 0 Å². The van der Waals surface area contributed by atoms with Gasteiger partial charge in [-0.2, -0.15) is 5.10 Å². The second-order valence-electron chi connectivity index (χ2n) is 5.89. The maximum atomic E-state index is 12.7. The highest BCUT2D eigenvalue weighted by Crippen LogP contribution is 2.24. The van der Waals surface area contributed by atoms with Crippen LogP contribution in [0.2, 0.25) is 0 Å². The summed E-state index contributed by atoms with van der Waals surface area (Å²) in [5, 5.41) is 13.7. The minimum absolute atomic E-state index is 0.0338. The predicted molar refractivity (Wildman–Crippen MR) is 90.0 cm³/mol. The van der Waals surface area contributed by atoms with Gasteiger partial charge in [0.1, 0.15) is 0 Å². The first-order chi connectivity index (χ1) is 11.0. The molecule has 0 saturated heterocycles. The van der Waals surface area contributed by atoms with Gasteiger partial charge in [-0.1, -0.05) is 30.3 Å². The number of carbonyl (C=O) groups excluding carboxylic acids is 1. The van der Waals surface area contributed by atoms with Crippen LogP contribution in [0.5, 0.6) is 0 Å². The fourth-order valence-corrected chi connectivity index (χ4v) is 2.90. The van der Waals surface area contributed by atoms with Gasteiger partial charge in [0.2, 0.25) is 5.91 Å². The lowest BCUT2D eigenvalue weighted by Crippen LogP contribution is -2.33. The molecule has 124 valence electrons. The second-order valence-corrected chi connectivity index (χ2v) is 5.89. The summed E-state index contributed by atoms with van der Waals surface area (Å²) in [5.74, 6) is 0.0338. The van der Waals surface area contributed by atoms with Crippen molar-refractivity contribution in [1.29, 1.82) is 0 Å². The number of likely N-dealkylation sites (N-methyl/N-ethyl adjacent to an activating group) is 1. The molecule has 0 aliphatic heterocycles. The van der Waals surface area contributed by atoms with Crippen LogP contribution >= 0.6 is 0 Å². The summed E-state index contributed by atoms with van der Waals surface area (Å²) in [7, 11) is 3.69. The summed E-state index contributed by atoms with van der Waals surface area (Å²) in [6, 6.07) is 9.71. The number of nitrogens with zero attached hydrogens (tertiary/aromatic N) is 3. The predicted octanol–water partition coefficient (Wildman–Crippen LogP) is 2.16. The largest absolute Gasteiger partial charge is 0.396 e. The highest BCUT2D eigenvalue weighted by Gasteiger charge is 2.23. The van der Waals surface area contributed by atoms with E-state index in [0.29, 0.717) is 12.8 Å². The van der Waals surface area contributed by atoms with E-state index in [4.69, 9.17) is 0 Å². The Morgan fingerprint density at radius 3 is 2.48 bits per heavy atom. The zero-order valence-corrected chi connectivity index (χ0v) is 14.3. The number of amides is 1. The fourth-order valence-electron chi connectivity index (χ4n) is 2.90. The topological polar surface area (TPSA) is 58.4 Å². The molecule has 0 spiro atoms. The summed E-state index contributed by atoms with van der Waals surface area (Å²) in [4.78, 5) is 14.5. The van der Waals surface area contributed by atoms with Crippen LogP contribution in [0.4, 0.5) is 0 Å². The highest BCUT2D eigenvalue weighted by atomic mass is 16.3. The summed E-state index contributed by atoms with van der Waals surface area (Å²) in [5.41, 5.74) is 3.94. The third-order valence-corrected chi connectivity index (χ3v) is 4.43. The third kappa shape index (κ3) is 3.79.